The number of carbonyl (C=O) groups is 1. The summed E-state index contributed by atoms with van der Waals surface area (Å²) in [6, 6.07) is 3.71. The molecule has 1 amide bonds. The molecule has 0 bridgehead atoms. The minimum absolute atomic E-state index is 0.0151. The van der Waals surface area contributed by atoms with Gasteiger partial charge in [0.2, 0.25) is 5.91 Å². The van der Waals surface area contributed by atoms with E-state index >= 15 is 0 Å². The summed E-state index contributed by atoms with van der Waals surface area (Å²) in [5.41, 5.74) is 0.726. The van der Waals surface area contributed by atoms with Crippen LogP contribution in [-0.4, -0.2) is 58.8 Å². The molecule has 1 saturated heterocycles. The van der Waals surface area contributed by atoms with Crippen molar-refractivity contribution in [2.75, 3.05) is 48.5 Å². The second-order valence-electron chi connectivity index (χ2n) is 4.99. The fourth-order valence-corrected chi connectivity index (χ4v) is 2.77. The van der Waals surface area contributed by atoms with Crippen LogP contribution in [0.5, 0.6) is 0 Å². The SMILES string of the molecule is CSCCC(=O)Nc1cc(N2CCOCC2)n2nccc2n1. The van der Waals surface area contributed by atoms with Gasteiger partial charge < -0.3 is 15.0 Å². The molecule has 2 aromatic heterocycles. The van der Waals surface area contributed by atoms with Crippen LogP contribution in [0.25, 0.3) is 5.65 Å². The van der Waals surface area contributed by atoms with Crippen LogP contribution in [0, 0.1) is 0 Å². The lowest BCUT2D eigenvalue weighted by Gasteiger charge is -2.29. The van der Waals surface area contributed by atoms with Gasteiger partial charge in [0, 0.05) is 37.4 Å². The van der Waals surface area contributed by atoms with E-state index in [0.717, 1.165) is 30.3 Å². The molecule has 0 saturated carbocycles. The molecule has 1 aliphatic heterocycles. The Kier molecular flexibility index (Phi) is 4.79. The summed E-state index contributed by atoms with van der Waals surface area (Å²) in [6.45, 7) is 3.00. The molecule has 118 valence electrons. The quantitative estimate of drug-likeness (QED) is 0.894. The first-order chi connectivity index (χ1) is 10.8. The average molecular weight is 321 g/mol. The summed E-state index contributed by atoms with van der Waals surface area (Å²) >= 11 is 1.65. The van der Waals surface area contributed by atoms with Gasteiger partial charge >= 0.3 is 0 Å². The second kappa shape index (κ2) is 6.97. The van der Waals surface area contributed by atoms with Crippen LogP contribution in [0.2, 0.25) is 0 Å². The molecule has 0 atom stereocenters. The van der Waals surface area contributed by atoms with Gasteiger partial charge in [-0.05, 0) is 6.26 Å². The monoisotopic (exact) mass is 321 g/mol. The summed E-state index contributed by atoms with van der Waals surface area (Å²) in [4.78, 5) is 18.6. The van der Waals surface area contributed by atoms with Crippen molar-refractivity contribution < 1.29 is 9.53 Å². The summed E-state index contributed by atoms with van der Waals surface area (Å²) in [5, 5.41) is 7.20. The minimum Gasteiger partial charge on any atom is -0.378 e. The topological polar surface area (TPSA) is 71.8 Å². The minimum atomic E-state index is -0.0151. The zero-order valence-corrected chi connectivity index (χ0v) is 13.3. The van der Waals surface area contributed by atoms with Crippen molar-refractivity contribution >= 4 is 35.0 Å². The molecule has 0 spiro atoms. The second-order valence-corrected chi connectivity index (χ2v) is 5.98. The number of nitrogens with zero attached hydrogens (tertiary/aromatic N) is 4. The number of fused-ring (bicyclic) bond motifs is 1. The van der Waals surface area contributed by atoms with Crippen LogP contribution in [0.4, 0.5) is 11.6 Å². The Morgan fingerprint density at radius 2 is 2.27 bits per heavy atom. The van der Waals surface area contributed by atoms with Gasteiger partial charge in [-0.1, -0.05) is 0 Å². The van der Waals surface area contributed by atoms with Crippen LogP contribution in [0.1, 0.15) is 6.42 Å². The van der Waals surface area contributed by atoms with E-state index in [1.807, 2.05) is 18.4 Å². The maximum atomic E-state index is 11.9. The summed E-state index contributed by atoms with van der Waals surface area (Å²) in [5.74, 6) is 2.29. The summed E-state index contributed by atoms with van der Waals surface area (Å²) in [6.07, 6.45) is 4.19. The Balaban J connectivity index is 1.86. The van der Waals surface area contributed by atoms with E-state index in [0.29, 0.717) is 25.5 Å². The molecule has 8 heteroatoms. The maximum absolute atomic E-state index is 11.9. The van der Waals surface area contributed by atoms with E-state index in [-0.39, 0.29) is 5.91 Å². The Bertz CT molecular complexity index is 654. The average Bonchev–Trinajstić information content (AvgIpc) is 3.01. The normalized spacial score (nSPS) is 15.2. The molecular weight excluding hydrogens is 302 g/mol. The van der Waals surface area contributed by atoms with E-state index in [2.05, 4.69) is 20.3 Å². The Morgan fingerprint density at radius 3 is 3.05 bits per heavy atom. The molecule has 22 heavy (non-hydrogen) atoms. The van der Waals surface area contributed by atoms with Crippen LogP contribution < -0.4 is 10.2 Å². The zero-order valence-electron chi connectivity index (χ0n) is 12.5. The van der Waals surface area contributed by atoms with Crippen LogP contribution in [-0.2, 0) is 9.53 Å². The van der Waals surface area contributed by atoms with Crippen LogP contribution in [0.3, 0.4) is 0 Å². The number of hydrogen-bond acceptors (Lipinski definition) is 6. The number of hydrogen-bond donors (Lipinski definition) is 1. The van der Waals surface area contributed by atoms with Gasteiger partial charge in [0.1, 0.15) is 11.6 Å². The first-order valence-electron chi connectivity index (χ1n) is 7.24. The lowest BCUT2D eigenvalue weighted by molar-refractivity contribution is -0.115. The van der Waals surface area contributed by atoms with Crippen molar-refractivity contribution in [1.82, 2.24) is 14.6 Å². The van der Waals surface area contributed by atoms with E-state index in [4.69, 9.17) is 4.74 Å². The third-order valence-corrected chi connectivity index (χ3v) is 4.09. The van der Waals surface area contributed by atoms with Gasteiger partial charge in [-0.3, -0.25) is 4.79 Å². The van der Waals surface area contributed by atoms with Crippen LogP contribution in [0.15, 0.2) is 18.3 Å². The number of rotatable bonds is 5. The maximum Gasteiger partial charge on any atom is 0.226 e. The van der Waals surface area contributed by atoms with Crippen molar-refractivity contribution in [3.63, 3.8) is 0 Å². The molecule has 7 nitrogen and oxygen atoms in total. The van der Waals surface area contributed by atoms with E-state index < -0.39 is 0 Å². The van der Waals surface area contributed by atoms with Gasteiger partial charge in [-0.2, -0.15) is 21.4 Å². The molecule has 3 rings (SSSR count). The van der Waals surface area contributed by atoms with Gasteiger partial charge in [-0.25, -0.2) is 4.98 Å². The molecular formula is C14H19N5O2S. The van der Waals surface area contributed by atoms with Gasteiger partial charge in [-0.15, -0.1) is 0 Å². The number of amides is 1. The highest BCUT2D eigenvalue weighted by atomic mass is 32.2. The molecule has 1 aliphatic rings. The molecule has 0 radical (unpaired) electrons. The zero-order chi connectivity index (χ0) is 15.4. The van der Waals surface area contributed by atoms with Crippen LogP contribution >= 0.6 is 11.8 Å². The molecule has 0 unspecified atom stereocenters. The Morgan fingerprint density at radius 1 is 1.45 bits per heavy atom. The predicted octanol–water partition coefficient (Wildman–Crippen LogP) is 1.26. The molecule has 1 N–H and O–H groups in total. The van der Waals surface area contributed by atoms with Crippen molar-refractivity contribution in [1.29, 1.82) is 0 Å². The molecule has 1 fully saturated rings. The molecule has 0 aromatic carbocycles. The van der Waals surface area contributed by atoms with Gasteiger partial charge in [0.25, 0.3) is 0 Å². The van der Waals surface area contributed by atoms with Crippen molar-refractivity contribution in [2.24, 2.45) is 0 Å². The standard InChI is InChI=1S/C14H19N5O2S/c1-22-9-3-13(20)17-11-10-14(18-5-7-21-8-6-18)19-12(16-11)2-4-15-19/h2,4,10H,3,5-9H2,1H3,(H,16,17,20). The lowest BCUT2D eigenvalue weighted by Crippen LogP contribution is -2.37. The van der Waals surface area contributed by atoms with Crippen molar-refractivity contribution in [3.8, 4) is 0 Å². The highest BCUT2D eigenvalue weighted by Crippen LogP contribution is 2.21. The number of carbonyl (C=O) groups excluding carboxylic acids is 1. The Hall–Kier alpha value is -1.80. The molecule has 3 heterocycles. The third kappa shape index (κ3) is 3.33. The van der Waals surface area contributed by atoms with E-state index in [1.54, 1.807) is 22.5 Å². The van der Waals surface area contributed by atoms with Gasteiger partial charge in [0.05, 0.1) is 19.4 Å². The highest BCUT2D eigenvalue weighted by molar-refractivity contribution is 7.98. The number of ether oxygens (including phenoxy) is 1. The number of aromatic nitrogens is 3. The highest BCUT2D eigenvalue weighted by Gasteiger charge is 2.17. The summed E-state index contributed by atoms with van der Waals surface area (Å²) in [7, 11) is 0. The molecule has 2 aromatic rings. The first kappa shape index (κ1) is 15.1. The van der Waals surface area contributed by atoms with Crippen molar-refractivity contribution in [3.05, 3.63) is 18.3 Å². The van der Waals surface area contributed by atoms with Gasteiger partial charge in [0.15, 0.2) is 5.65 Å². The van der Waals surface area contributed by atoms with E-state index in [1.165, 1.54) is 0 Å². The van der Waals surface area contributed by atoms with E-state index in [9.17, 15) is 4.79 Å². The predicted molar refractivity (Wildman–Crippen MR) is 87.6 cm³/mol. The first-order valence-corrected chi connectivity index (χ1v) is 8.63. The smallest absolute Gasteiger partial charge is 0.226 e. The fraction of sp³-hybridized carbons (Fsp3) is 0.500. The number of thioether (sulfide) groups is 1. The van der Waals surface area contributed by atoms with Crippen molar-refractivity contribution in [2.45, 2.75) is 6.42 Å². The fourth-order valence-electron chi connectivity index (χ4n) is 2.38. The molecule has 0 aliphatic carbocycles. The largest absolute Gasteiger partial charge is 0.378 e. The number of nitrogens with one attached hydrogen (secondary N) is 1. The Labute approximate surface area is 133 Å². The number of anilines is 2. The number of morpholine rings is 1. The third-order valence-electron chi connectivity index (χ3n) is 3.48. The lowest BCUT2D eigenvalue weighted by atomic mass is 10.3. The summed E-state index contributed by atoms with van der Waals surface area (Å²) < 4.78 is 7.19.